The highest BCUT2D eigenvalue weighted by molar-refractivity contribution is 6.07. The minimum atomic E-state index is -4.43. The molecule has 0 saturated heterocycles. The van der Waals surface area contributed by atoms with Crippen LogP contribution in [-0.4, -0.2) is 21.3 Å². The number of aromatic carboxylic acids is 1. The highest BCUT2D eigenvalue weighted by Gasteiger charge is 2.39. The van der Waals surface area contributed by atoms with Crippen LogP contribution in [0.2, 0.25) is 0 Å². The van der Waals surface area contributed by atoms with E-state index in [9.17, 15) is 33.3 Å². The molecular formula is C41H33F3O4. The fraction of sp³-hybridized carbons (Fsp3) is 0.195. The predicted octanol–water partition coefficient (Wildman–Crippen LogP) is 10.7. The summed E-state index contributed by atoms with van der Waals surface area (Å²) in [4.78, 5) is 11.4. The number of benzene rings is 6. The van der Waals surface area contributed by atoms with E-state index >= 15 is 0 Å². The molecule has 2 aliphatic carbocycles. The minimum Gasteiger partial charge on any atom is -0.507 e. The topological polar surface area (TPSA) is 77.8 Å². The Hall–Kier alpha value is -5.30. The number of phenols is 2. The molecule has 0 aliphatic heterocycles. The Bertz CT molecular complexity index is 2350. The van der Waals surface area contributed by atoms with Gasteiger partial charge in [-0.3, -0.25) is 0 Å². The van der Waals surface area contributed by atoms with Gasteiger partial charge in [-0.25, -0.2) is 4.79 Å². The smallest absolute Gasteiger partial charge is 0.416 e. The van der Waals surface area contributed by atoms with Crippen LogP contribution in [0.4, 0.5) is 13.2 Å². The zero-order valence-electron chi connectivity index (χ0n) is 27.0. The monoisotopic (exact) mass is 646 g/mol. The molecule has 0 spiro atoms. The van der Waals surface area contributed by atoms with Crippen molar-refractivity contribution in [3.63, 3.8) is 0 Å². The van der Waals surface area contributed by atoms with Crippen molar-refractivity contribution in [1.29, 1.82) is 0 Å². The zero-order valence-corrected chi connectivity index (χ0v) is 27.0. The summed E-state index contributed by atoms with van der Waals surface area (Å²) >= 11 is 0. The van der Waals surface area contributed by atoms with Gasteiger partial charge in [0.15, 0.2) is 0 Å². The molecule has 3 N–H and O–H groups in total. The second kappa shape index (κ2) is 10.3. The maximum Gasteiger partial charge on any atom is 0.416 e. The van der Waals surface area contributed by atoms with Crippen molar-refractivity contribution in [2.45, 2.75) is 51.6 Å². The standard InChI is InChI=1S/C21H18O3.C20H15F3O/c1-11-4-6-13-14(8-11)18(22)10-17-19(13)15-9-12(20(23)24)5-7-16(15)21(17,2)3;1-19(2)15-6-4-3-5-13(15)18-12-8-7-11(20(21,22)23)9-14(12)17(24)10-16(18)19/h4-10,22H,1-3H3,(H,23,24);3-10,24H,1-2H3. The third kappa shape index (κ3) is 4.55. The van der Waals surface area contributed by atoms with E-state index in [1.54, 1.807) is 18.2 Å². The van der Waals surface area contributed by atoms with Gasteiger partial charge in [-0.1, -0.05) is 81.8 Å². The number of hydrogen-bond acceptors (Lipinski definition) is 3. The first-order chi connectivity index (χ1) is 22.5. The molecule has 0 bridgehead atoms. The van der Waals surface area contributed by atoms with Gasteiger partial charge >= 0.3 is 12.1 Å². The van der Waals surface area contributed by atoms with Gasteiger partial charge in [-0.05, 0) is 105 Å². The third-order valence-electron chi connectivity index (χ3n) is 10.1. The molecule has 6 aromatic rings. The predicted molar refractivity (Wildman–Crippen MR) is 183 cm³/mol. The minimum absolute atomic E-state index is 0.115. The van der Waals surface area contributed by atoms with Crippen LogP contribution in [-0.2, 0) is 17.0 Å². The van der Waals surface area contributed by atoms with Crippen LogP contribution in [0.1, 0.15) is 71.4 Å². The molecule has 0 radical (unpaired) electrons. The Morgan fingerprint density at radius 1 is 0.604 bits per heavy atom. The van der Waals surface area contributed by atoms with E-state index in [-0.39, 0.29) is 33.3 Å². The largest absolute Gasteiger partial charge is 0.507 e. The Morgan fingerprint density at radius 3 is 1.75 bits per heavy atom. The van der Waals surface area contributed by atoms with Gasteiger partial charge in [0.05, 0.1) is 11.1 Å². The summed E-state index contributed by atoms with van der Waals surface area (Å²) in [6, 6.07) is 26.2. The summed E-state index contributed by atoms with van der Waals surface area (Å²) in [5.41, 5.74) is 8.12. The fourth-order valence-electron chi connectivity index (χ4n) is 7.63. The van der Waals surface area contributed by atoms with Crippen molar-refractivity contribution in [3.8, 4) is 33.8 Å². The van der Waals surface area contributed by atoms with E-state index in [1.807, 2.05) is 61.5 Å². The Labute approximate surface area is 275 Å². The number of phenolic OH excluding ortho intramolecular Hbond substituents is 2. The molecule has 0 saturated carbocycles. The van der Waals surface area contributed by atoms with Crippen LogP contribution >= 0.6 is 0 Å². The normalized spacial score (nSPS) is 14.9. The van der Waals surface area contributed by atoms with Crippen molar-refractivity contribution in [2.75, 3.05) is 0 Å². The molecule has 2 aliphatic rings. The SMILES string of the molecule is CC1(C)c2ccccc2-c2c1cc(O)c1cc(C(F)(F)F)ccc21.Cc1ccc2c3c(cc(O)c2c1)C(C)(C)c1ccc(C(=O)O)cc1-3. The van der Waals surface area contributed by atoms with E-state index < -0.39 is 17.7 Å². The zero-order chi connectivity index (χ0) is 34.5. The molecule has 8 rings (SSSR count). The van der Waals surface area contributed by atoms with E-state index in [0.29, 0.717) is 5.39 Å². The summed E-state index contributed by atoms with van der Waals surface area (Å²) in [5, 5.41) is 32.9. The van der Waals surface area contributed by atoms with E-state index in [4.69, 9.17) is 0 Å². The average molecular weight is 647 g/mol. The van der Waals surface area contributed by atoms with Crippen LogP contribution in [0.3, 0.4) is 0 Å². The van der Waals surface area contributed by atoms with Gasteiger partial charge in [0.1, 0.15) is 11.5 Å². The van der Waals surface area contributed by atoms with Crippen LogP contribution in [0.15, 0.2) is 91.0 Å². The maximum atomic E-state index is 13.0. The van der Waals surface area contributed by atoms with Gasteiger partial charge in [-0.15, -0.1) is 0 Å². The Morgan fingerprint density at radius 2 is 1.15 bits per heavy atom. The number of hydrogen-bond donors (Lipinski definition) is 3. The summed E-state index contributed by atoms with van der Waals surface area (Å²) < 4.78 is 39.0. The molecule has 0 heterocycles. The van der Waals surface area contributed by atoms with Gasteiger partial charge in [0.2, 0.25) is 0 Å². The first kappa shape index (κ1) is 31.3. The van der Waals surface area contributed by atoms with Crippen LogP contribution in [0.5, 0.6) is 11.5 Å². The van der Waals surface area contributed by atoms with E-state index in [2.05, 4.69) is 27.7 Å². The molecule has 7 heteroatoms. The maximum absolute atomic E-state index is 13.0. The highest BCUT2D eigenvalue weighted by atomic mass is 19.4. The lowest BCUT2D eigenvalue weighted by Gasteiger charge is -2.22. The van der Waals surface area contributed by atoms with Crippen molar-refractivity contribution in [2.24, 2.45) is 0 Å². The van der Waals surface area contributed by atoms with Gasteiger partial charge in [0, 0.05) is 21.6 Å². The summed E-state index contributed by atoms with van der Waals surface area (Å²) in [7, 11) is 0. The number of alkyl halides is 3. The molecule has 6 aromatic carbocycles. The number of halogens is 3. The number of rotatable bonds is 1. The molecule has 0 aromatic heterocycles. The number of carboxylic acids is 1. The second-order valence-electron chi connectivity index (χ2n) is 13.8. The molecule has 0 unspecified atom stereocenters. The number of carbonyl (C=O) groups is 1. The first-order valence-corrected chi connectivity index (χ1v) is 15.6. The third-order valence-corrected chi connectivity index (χ3v) is 10.1. The van der Waals surface area contributed by atoms with Crippen LogP contribution in [0, 0.1) is 6.92 Å². The summed E-state index contributed by atoms with van der Waals surface area (Å²) in [6.07, 6.45) is -4.43. The molecular weight excluding hydrogens is 613 g/mol. The lowest BCUT2D eigenvalue weighted by atomic mass is 9.81. The van der Waals surface area contributed by atoms with Crippen molar-refractivity contribution in [1.82, 2.24) is 0 Å². The average Bonchev–Trinajstić information content (AvgIpc) is 3.40. The fourth-order valence-corrected chi connectivity index (χ4v) is 7.63. The second-order valence-corrected chi connectivity index (χ2v) is 13.8. The lowest BCUT2D eigenvalue weighted by Crippen LogP contribution is -2.15. The number of fused-ring (bicyclic) bond motifs is 10. The van der Waals surface area contributed by atoms with Gasteiger partial charge in [0.25, 0.3) is 0 Å². The molecule has 48 heavy (non-hydrogen) atoms. The number of aromatic hydroxyl groups is 2. The molecule has 242 valence electrons. The number of aryl methyl sites for hydroxylation is 1. The molecule has 0 atom stereocenters. The van der Waals surface area contributed by atoms with Gasteiger partial charge in [-0.2, -0.15) is 13.2 Å². The molecule has 4 nitrogen and oxygen atoms in total. The first-order valence-electron chi connectivity index (χ1n) is 15.6. The Balaban J connectivity index is 0.000000152. The summed E-state index contributed by atoms with van der Waals surface area (Å²) in [6.45, 7) is 10.3. The van der Waals surface area contributed by atoms with E-state index in [0.717, 1.165) is 73.0 Å². The molecule has 0 amide bonds. The van der Waals surface area contributed by atoms with Crippen LogP contribution in [0.25, 0.3) is 43.8 Å². The van der Waals surface area contributed by atoms with E-state index in [1.165, 1.54) is 6.07 Å². The summed E-state index contributed by atoms with van der Waals surface area (Å²) in [5.74, 6) is -0.773. The Kier molecular flexibility index (Phi) is 6.75. The van der Waals surface area contributed by atoms with Crippen molar-refractivity contribution >= 4 is 27.5 Å². The van der Waals surface area contributed by atoms with Crippen molar-refractivity contribution < 1.29 is 33.3 Å². The van der Waals surface area contributed by atoms with Crippen molar-refractivity contribution in [3.05, 3.63) is 130 Å². The lowest BCUT2D eigenvalue weighted by molar-refractivity contribution is -0.137. The quantitative estimate of drug-likeness (QED) is 0.166. The van der Waals surface area contributed by atoms with Gasteiger partial charge < -0.3 is 15.3 Å². The number of carboxylic acid groups (broad SMARTS) is 1. The molecule has 0 fully saturated rings. The highest BCUT2D eigenvalue weighted by Crippen LogP contribution is 2.54. The van der Waals surface area contributed by atoms with Crippen LogP contribution < -0.4 is 0 Å².